The Kier molecular flexibility index (Phi) is 3.40. The number of carbonyl (C=O) groups excluding carboxylic acids is 2. The first-order chi connectivity index (χ1) is 9.97. The van der Waals surface area contributed by atoms with Crippen molar-refractivity contribution in [1.82, 2.24) is 0 Å². The summed E-state index contributed by atoms with van der Waals surface area (Å²) in [7, 11) is 0. The van der Waals surface area contributed by atoms with Gasteiger partial charge in [0.2, 0.25) is 0 Å². The number of carbonyl (C=O) groups is 2. The molecule has 2 aliphatic carbocycles. The molecule has 0 bridgehead atoms. The van der Waals surface area contributed by atoms with E-state index in [2.05, 4.69) is 13.8 Å². The summed E-state index contributed by atoms with van der Waals surface area (Å²) < 4.78 is 0. The maximum absolute atomic E-state index is 12.8. The van der Waals surface area contributed by atoms with Crippen LogP contribution in [0.3, 0.4) is 0 Å². The van der Waals surface area contributed by atoms with Gasteiger partial charge in [-0.3, -0.25) is 9.59 Å². The van der Waals surface area contributed by atoms with Crippen LogP contribution in [-0.4, -0.2) is 11.6 Å². The van der Waals surface area contributed by atoms with Gasteiger partial charge in [-0.2, -0.15) is 0 Å². The number of hydrogen-bond acceptors (Lipinski definition) is 2. The number of fused-ring (bicyclic) bond motifs is 1. The van der Waals surface area contributed by atoms with E-state index in [1.54, 1.807) is 6.08 Å². The van der Waals surface area contributed by atoms with Gasteiger partial charge in [0, 0.05) is 17.4 Å². The van der Waals surface area contributed by atoms with Crippen molar-refractivity contribution in [2.24, 2.45) is 11.8 Å². The maximum atomic E-state index is 12.8. The van der Waals surface area contributed by atoms with Crippen LogP contribution in [0.4, 0.5) is 0 Å². The third-order valence-corrected chi connectivity index (χ3v) is 4.88. The molecular formula is C19H20O2. The molecule has 0 heterocycles. The first-order valence-corrected chi connectivity index (χ1v) is 7.49. The van der Waals surface area contributed by atoms with E-state index in [9.17, 15) is 9.59 Å². The zero-order valence-corrected chi connectivity index (χ0v) is 12.8. The van der Waals surface area contributed by atoms with Crippen LogP contribution in [0.5, 0.6) is 0 Å². The van der Waals surface area contributed by atoms with E-state index in [0.29, 0.717) is 5.57 Å². The quantitative estimate of drug-likeness (QED) is 0.731. The Hall–Kier alpha value is -1.96. The molecule has 0 amide bonds. The predicted octanol–water partition coefficient (Wildman–Crippen LogP) is 3.89. The molecule has 2 nitrogen and oxygen atoms in total. The minimum Gasteiger partial charge on any atom is -0.294 e. The Labute approximate surface area is 125 Å². The van der Waals surface area contributed by atoms with Gasteiger partial charge in [0.15, 0.2) is 11.6 Å². The zero-order valence-electron chi connectivity index (χ0n) is 12.8. The average molecular weight is 280 g/mol. The molecule has 0 saturated carbocycles. The van der Waals surface area contributed by atoms with Crippen molar-refractivity contribution in [3.63, 3.8) is 0 Å². The maximum Gasteiger partial charge on any atom is 0.167 e. The summed E-state index contributed by atoms with van der Waals surface area (Å²) in [4.78, 5) is 25.2. The highest BCUT2D eigenvalue weighted by molar-refractivity contribution is 6.29. The minimum atomic E-state index is -0.164. The van der Waals surface area contributed by atoms with Crippen molar-refractivity contribution >= 4 is 17.1 Å². The lowest BCUT2D eigenvalue weighted by Crippen LogP contribution is -2.36. The summed E-state index contributed by atoms with van der Waals surface area (Å²) in [5.41, 5.74) is 5.14. The fraction of sp³-hybridized carbons (Fsp3) is 0.368. The molecule has 2 heteroatoms. The van der Waals surface area contributed by atoms with Crippen LogP contribution in [0.25, 0.3) is 5.57 Å². The van der Waals surface area contributed by atoms with E-state index >= 15 is 0 Å². The monoisotopic (exact) mass is 280 g/mol. The summed E-state index contributed by atoms with van der Waals surface area (Å²) in [6, 6.07) is 7.83. The molecule has 1 aromatic rings. The van der Waals surface area contributed by atoms with Crippen molar-refractivity contribution in [3.05, 3.63) is 52.6 Å². The Morgan fingerprint density at radius 2 is 1.43 bits per heavy atom. The van der Waals surface area contributed by atoms with E-state index in [1.807, 2.05) is 31.2 Å². The molecule has 2 atom stereocenters. The summed E-state index contributed by atoms with van der Waals surface area (Å²) in [6.45, 7) is 6.16. The number of benzene rings is 1. The number of Topliss-reactive ketones (excluding diaryl/α,β-unsaturated/α-hetero) is 1. The van der Waals surface area contributed by atoms with E-state index < -0.39 is 0 Å². The number of allylic oxidation sites excluding steroid dienone is 4. The molecule has 2 aliphatic rings. The van der Waals surface area contributed by atoms with Gasteiger partial charge in [0.1, 0.15) is 0 Å². The standard InChI is InChI=1S/C19H20O2/c1-11-4-6-14(7-5-11)15-10-18(20)16-8-12(2)13(3)9-17(16)19(15)21/h4-7,10,16-17H,8-9H2,1-3H3. The topological polar surface area (TPSA) is 34.1 Å². The van der Waals surface area contributed by atoms with Gasteiger partial charge >= 0.3 is 0 Å². The Morgan fingerprint density at radius 1 is 0.857 bits per heavy atom. The summed E-state index contributed by atoms with van der Waals surface area (Å²) in [5.74, 6) is -0.0600. The summed E-state index contributed by atoms with van der Waals surface area (Å²) >= 11 is 0. The molecular weight excluding hydrogens is 260 g/mol. The molecule has 108 valence electrons. The fourth-order valence-electron chi connectivity index (χ4n) is 3.35. The largest absolute Gasteiger partial charge is 0.294 e. The van der Waals surface area contributed by atoms with Gasteiger partial charge in [-0.25, -0.2) is 0 Å². The molecule has 3 rings (SSSR count). The third-order valence-electron chi connectivity index (χ3n) is 4.88. The number of hydrogen-bond donors (Lipinski definition) is 0. The van der Waals surface area contributed by atoms with E-state index in [4.69, 9.17) is 0 Å². The van der Waals surface area contributed by atoms with Crippen molar-refractivity contribution < 1.29 is 9.59 Å². The third kappa shape index (κ3) is 2.39. The molecule has 21 heavy (non-hydrogen) atoms. The zero-order chi connectivity index (χ0) is 15.1. The highest BCUT2D eigenvalue weighted by Gasteiger charge is 2.41. The van der Waals surface area contributed by atoms with Crippen LogP contribution in [0.15, 0.2) is 41.5 Å². The lowest BCUT2D eigenvalue weighted by atomic mass is 9.67. The molecule has 0 radical (unpaired) electrons. The van der Waals surface area contributed by atoms with Gasteiger partial charge in [0.25, 0.3) is 0 Å². The molecule has 0 aromatic heterocycles. The molecule has 0 fully saturated rings. The SMILES string of the molecule is CC1=C(C)CC2C(=O)C(c3ccc(C)cc3)=CC(=O)C2C1. The summed E-state index contributed by atoms with van der Waals surface area (Å²) in [5, 5.41) is 0. The van der Waals surface area contributed by atoms with Gasteiger partial charge < -0.3 is 0 Å². The molecule has 0 saturated heterocycles. The van der Waals surface area contributed by atoms with E-state index in [0.717, 1.165) is 24.0 Å². The number of rotatable bonds is 1. The lowest BCUT2D eigenvalue weighted by Gasteiger charge is -2.34. The van der Waals surface area contributed by atoms with Crippen molar-refractivity contribution in [3.8, 4) is 0 Å². The van der Waals surface area contributed by atoms with Crippen LogP contribution in [0.2, 0.25) is 0 Å². The molecule has 2 unspecified atom stereocenters. The second-order valence-corrected chi connectivity index (χ2v) is 6.37. The van der Waals surface area contributed by atoms with Gasteiger partial charge in [-0.1, -0.05) is 41.0 Å². The van der Waals surface area contributed by atoms with E-state index in [1.165, 1.54) is 11.1 Å². The van der Waals surface area contributed by atoms with Crippen LogP contribution >= 0.6 is 0 Å². The van der Waals surface area contributed by atoms with Gasteiger partial charge in [-0.05, 0) is 45.3 Å². The Bertz CT molecular complexity index is 674. The Morgan fingerprint density at radius 3 is 2.05 bits per heavy atom. The van der Waals surface area contributed by atoms with E-state index in [-0.39, 0.29) is 23.4 Å². The number of ketones is 2. The van der Waals surface area contributed by atoms with Gasteiger partial charge in [-0.15, -0.1) is 0 Å². The predicted molar refractivity (Wildman–Crippen MR) is 83.8 cm³/mol. The molecule has 1 aromatic carbocycles. The van der Waals surface area contributed by atoms with Crippen LogP contribution in [0, 0.1) is 18.8 Å². The second kappa shape index (κ2) is 5.10. The normalized spacial score (nSPS) is 25.8. The van der Waals surface area contributed by atoms with Crippen molar-refractivity contribution in [1.29, 1.82) is 0 Å². The highest BCUT2D eigenvalue weighted by Crippen LogP contribution is 2.41. The van der Waals surface area contributed by atoms with Crippen LogP contribution < -0.4 is 0 Å². The average Bonchev–Trinajstić information content (AvgIpc) is 2.46. The molecule has 0 N–H and O–H groups in total. The fourth-order valence-corrected chi connectivity index (χ4v) is 3.35. The molecule has 0 spiro atoms. The minimum absolute atomic E-state index is 0.113. The van der Waals surface area contributed by atoms with Crippen molar-refractivity contribution in [2.45, 2.75) is 33.6 Å². The highest BCUT2D eigenvalue weighted by atomic mass is 16.1. The van der Waals surface area contributed by atoms with Gasteiger partial charge in [0.05, 0.1) is 0 Å². The number of aryl methyl sites for hydroxylation is 1. The van der Waals surface area contributed by atoms with Crippen LogP contribution in [0.1, 0.15) is 37.8 Å². The first kappa shape index (κ1) is 14.0. The van der Waals surface area contributed by atoms with Crippen molar-refractivity contribution in [2.75, 3.05) is 0 Å². The lowest BCUT2D eigenvalue weighted by molar-refractivity contribution is -0.128. The van der Waals surface area contributed by atoms with Crippen LogP contribution in [-0.2, 0) is 9.59 Å². The molecule has 0 aliphatic heterocycles. The first-order valence-electron chi connectivity index (χ1n) is 7.49. The Balaban J connectivity index is 1.99. The summed E-state index contributed by atoms with van der Waals surface area (Å²) in [6.07, 6.45) is 3.03. The second-order valence-electron chi connectivity index (χ2n) is 6.37. The smallest absolute Gasteiger partial charge is 0.167 e.